The van der Waals surface area contributed by atoms with Gasteiger partial charge in [-0.25, -0.2) is 0 Å². The zero-order valence-electron chi connectivity index (χ0n) is 10.7. The summed E-state index contributed by atoms with van der Waals surface area (Å²) in [5, 5.41) is 0. The molecule has 0 radical (unpaired) electrons. The summed E-state index contributed by atoms with van der Waals surface area (Å²) in [5.41, 5.74) is -0.217. The van der Waals surface area contributed by atoms with Crippen LogP contribution in [0, 0.1) is 11.3 Å². The number of carbonyl (C=O) groups excluding carboxylic acids is 2. The third-order valence-electron chi connectivity index (χ3n) is 3.80. The van der Waals surface area contributed by atoms with Gasteiger partial charge in [-0.05, 0) is 11.5 Å². The maximum atomic E-state index is 12.0. The average molecular weight is 248 g/mol. The van der Waals surface area contributed by atoms with Gasteiger partial charge in [0.15, 0.2) is 5.41 Å². The van der Waals surface area contributed by atoms with Gasteiger partial charge in [-0.2, -0.15) is 0 Å². The minimum atomic E-state index is -1.18. The number of ether oxygens (including phenoxy) is 2. The Bertz CT molecular complexity index is 450. The molecule has 2 atom stereocenters. The topological polar surface area (TPSA) is 52.6 Å². The van der Waals surface area contributed by atoms with E-state index in [2.05, 4.69) is 0 Å². The predicted molar refractivity (Wildman–Crippen MR) is 64.8 cm³/mol. The van der Waals surface area contributed by atoms with E-state index in [-0.39, 0.29) is 11.8 Å². The first-order valence-corrected chi connectivity index (χ1v) is 5.82. The summed E-state index contributed by atoms with van der Waals surface area (Å²) in [6.45, 7) is 1.87. The highest BCUT2D eigenvalue weighted by Gasteiger charge is 2.74. The lowest BCUT2D eigenvalue weighted by molar-refractivity contribution is -0.162. The standard InChI is InChI=1S/C14H16O4/c1-9-11(10-7-5-4-6-8-10)14(9,12(15)17-2)13(16)18-3/h4-9,11H,1-3H3/t9-,11+/m1/s1. The molecule has 0 aromatic heterocycles. The van der Waals surface area contributed by atoms with E-state index < -0.39 is 17.4 Å². The molecule has 0 saturated heterocycles. The van der Waals surface area contributed by atoms with E-state index in [1.165, 1.54) is 14.2 Å². The van der Waals surface area contributed by atoms with Crippen LogP contribution in [0.25, 0.3) is 0 Å². The molecule has 18 heavy (non-hydrogen) atoms. The van der Waals surface area contributed by atoms with Crippen LogP contribution in [0.4, 0.5) is 0 Å². The van der Waals surface area contributed by atoms with Crippen LogP contribution in [0.2, 0.25) is 0 Å². The molecule has 1 aliphatic rings. The van der Waals surface area contributed by atoms with Gasteiger partial charge in [-0.1, -0.05) is 37.3 Å². The van der Waals surface area contributed by atoms with Crippen LogP contribution in [0.3, 0.4) is 0 Å². The molecular formula is C14H16O4. The number of esters is 2. The third kappa shape index (κ3) is 1.52. The Morgan fingerprint density at radius 2 is 1.56 bits per heavy atom. The van der Waals surface area contributed by atoms with Crippen LogP contribution in [0.15, 0.2) is 30.3 Å². The molecule has 1 aliphatic carbocycles. The molecule has 0 aliphatic heterocycles. The Morgan fingerprint density at radius 3 is 2.00 bits per heavy atom. The first-order chi connectivity index (χ1) is 8.60. The van der Waals surface area contributed by atoms with E-state index in [0.29, 0.717) is 0 Å². The number of hydrogen-bond donors (Lipinski definition) is 0. The predicted octanol–water partition coefficient (Wildman–Crippen LogP) is 1.75. The van der Waals surface area contributed by atoms with Crippen molar-refractivity contribution in [3.63, 3.8) is 0 Å². The highest BCUT2D eigenvalue weighted by Crippen LogP contribution is 2.65. The monoisotopic (exact) mass is 248 g/mol. The summed E-state index contributed by atoms with van der Waals surface area (Å²) in [4.78, 5) is 23.9. The number of hydrogen-bond acceptors (Lipinski definition) is 4. The lowest BCUT2D eigenvalue weighted by Gasteiger charge is -2.12. The Balaban J connectivity index is 2.40. The SMILES string of the molecule is COC(=O)C1(C(=O)OC)[C@H](C)[C@H]1c1ccccc1. The Labute approximate surface area is 106 Å². The zero-order valence-corrected chi connectivity index (χ0v) is 10.7. The molecule has 1 aromatic rings. The van der Waals surface area contributed by atoms with Crippen molar-refractivity contribution in [1.82, 2.24) is 0 Å². The second-order valence-electron chi connectivity index (χ2n) is 4.53. The van der Waals surface area contributed by atoms with Gasteiger partial charge in [0.2, 0.25) is 0 Å². The molecule has 1 aromatic carbocycles. The van der Waals surface area contributed by atoms with Crippen molar-refractivity contribution < 1.29 is 19.1 Å². The highest BCUT2D eigenvalue weighted by molar-refractivity contribution is 6.05. The fourth-order valence-electron chi connectivity index (χ4n) is 2.82. The molecule has 0 spiro atoms. The quantitative estimate of drug-likeness (QED) is 0.604. The van der Waals surface area contributed by atoms with Gasteiger partial charge >= 0.3 is 11.9 Å². The van der Waals surface area contributed by atoms with Crippen molar-refractivity contribution in [2.24, 2.45) is 11.3 Å². The summed E-state index contributed by atoms with van der Waals surface area (Å²) in [5.74, 6) is -1.31. The molecule has 0 bridgehead atoms. The Morgan fingerprint density at radius 1 is 1.06 bits per heavy atom. The summed E-state index contributed by atoms with van der Waals surface area (Å²) in [7, 11) is 2.58. The normalized spacial score (nSPS) is 24.2. The smallest absolute Gasteiger partial charge is 0.324 e. The molecule has 2 rings (SSSR count). The van der Waals surface area contributed by atoms with Crippen LogP contribution in [-0.2, 0) is 19.1 Å². The van der Waals surface area contributed by atoms with Gasteiger partial charge in [0.25, 0.3) is 0 Å². The number of benzene rings is 1. The molecule has 4 heteroatoms. The highest BCUT2D eigenvalue weighted by atomic mass is 16.5. The van der Waals surface area contributed by atoms with Crippen molar-refractivity contribution >= 4 is 11.9 Å². The van der Waals surface area contributed by atoms with E-state index in [0.717, 1.165) is 5.56 Å². The van der Waals surface area contributed by atoms with Gasteiger partial charge in [0.1, 0.15) is 0 Å². The number of methoxy groups -OCH3 is 2. The molecule has 0 N–H and O–H groups in total. The van der Waals surface area contributed by atoms with Crippen molar-refractivity contribution in [3.05, 3.63) is 35.9 Å². The van der Waals surface area contributed by atoms with E-state index in [1.54, 1.807) is 0 Å². The summed E-state index contributed by atoms with van der Waals surface area (Å²) in [6.07, 6.45) is 0. The second kappa shape index (κ2) is 4.44. The first-order valence-electron chi connectivity index (χ1n) is 5.82. The Hall–Kier alpha value is -1.84. The van der Waals surface area contributed by atoms with Gasteiger partial charge < -0.3 is 9.47 Å². The lowest BCUT2D eigenvalue weighted by atomic mass is 9.99. The van der Waals surface area contributed by atoms with Crippen LogP contribution in [-0.4, -0.2) is 26.2 Å². The third-order valence-corrected chi connectivity index (χ3v) is 3.80. The van der Waals surface area contributed by atoms with Gasteiger partial charge in [-0.15, -0.1) is 0 Å². The van der Waals surface area contributed by atoms with Crippen molar-refractivity contribution in [3.8, 4) is 0 Å². The van der Waals surface area contributed by atoms with Crippen molar-refractivity contribution in [1.29, 1.82) is 0 Å². The van der Waals surface area contributed by atoms with Crippen LogP contribution >= 0.6 is 0 Å². The maximum Gasteiger partial charge on any atom is 0.324 e. The fourth-order valence-corrected chi connectivity index (χ4v) is 2.82. The summed E-state index contributed by atoms with van der Waals surface area (Å²) >= 11 is 0. The largest absolute Gasteiger partial charge is 0.468 e. The van der Waals surface area contributed by atoms with Gasteiger partial charge in [-0.3, -0.25) is 9.59 Å². The molecule has 0 heterocycles. The Kier molecular flexibility index (Phi) is 3.11. The van der Waals surface area contributed by atoms with E-state index >= 15 is 0 Å². The van der Waals surface area contributed by atoms with Crippen molar-refractivity contribution in [2.75, 3.05) is 14.2 Å². The minimum Gasteiger partial charge on any atom is -0.468 e. The van der Waals surface area contributed by atoms with E-state index in [4.69, 9.17) is 9.47 Å². The molecule has 96 valence electrons. The maximum absolute atomic E-state index is 12.0. The van der Waals surface area contributed by atoms with E-state index in [9.17, 15) is 9.59 Å². The van der Waals surface area contributed by atoms with Crippen LogP contribution in [0.5, 0.6) is 0 Å². The molecule has 1 fully saturated rings. The molecular weight excluding hydrogens is 232 g/mol. The summed E-state index contributed by atoms with van der Waals surface area (Å²) < 4.78 is 9.57. The van der Waals surface area contributed by atoms with Gasteiger partial charge in [0.05, 0.1) is 14.2 Å². The number of rotatable bonds is 3. The summed E-state index contributed by atoms with van der Waals surface area (Å²) in [6, 6.07) is 9.50. The molecule has 1 saturated carbocycles. The number of carbonyl (C=O) groups is 2. The zero-order chi connectivity index (χ0) is 13.3. The molecule has 0 unspecified atom stereocenters. The first kappa shape index (κ1) is 12.6. The molecule has 4 nitrogen and oxygen atoms in total. The fraction of sp³-hybridized carbons (Fsp3) is 0.429. The molecule has 0 amide bonds. The second-order valence-corrected chi connectivity index (χ2v) is 4.53. The van der Waals surface area contributed by atoms with Crippen molar-refractivity contribution in [2.45, 2.75) is 12.8 Å². The van der Waals surface area contributed by atoms with E-state index in [1.807, 2.05) is 37.3 Å². The van der Waals surface area contributed by atoms with Crippen LogP contribution < -0.4 is 0 Å². The van der Waals surface area contributed by atoms with Gasteiger partial charge in [0, 0.05) is 5.92 Å². The average Bonchev–Trinajstić information content (AvgIpc) is 3.05. The minimum absolute atomic E-state index is 0.111. The van der Waals surface area contributed by atoms with Crippen LogP contribution in [0.1, 0.15) is 18.4 Å². The lowest BCUT2D eigenvalue weighted by Crippen LogP contribution is -2.31.